The van der Waals surface area contributed by atoms with Crippen molar-refractivity contribution in [3.8, 4) is 5.75 Å². The fraction of sp³-hybridized carbons (Fsp3) is 0.185. The molecule has 0 bridgehead atoms. The highest BCUT2D eigenvalue weighted by Crippen LogP contribution is 2.23. The summed E-state index contributed by atoms with van der Waals surface area (Å²) in [6.45, 7) is 0.982. The van der Waals surface area contributed by atoms with Gasteiger partial charge in [0.05, 0.1) is 13.5 Å². The maximum Gasteiger partial charge on any atom is 0.330 e. The van der Waals surface area contributed by atoms with Gasteiger partial charge < -0.3 is 14.8 Å². The molecule has 0 aliphatic rings. The first kappa shape index (κ1) is 22.8. The van der Waals surface area contributed by atoms with Gasteiger partial charge in [0, 0.05) is 18.2 Å². The van der Waals surface area contributed by atoms with Crippen LogP contribution in [0.1, 0.15) is 22.3 Å². The summed E-state index contributed by atoms with van der Waals surface area (Å²) in [4.78, 5) is 23.9. The summed E-state index contributed by atoms with van der Waals surface area (Å²) in [7, 11) is 1.33. The van der Waals surface area contributed by atoms with E-state index >= 15 is 0 Å². The van der Waals surface area contributed by atoms with Crippen molar-refractivity contribution < 1.29 is 19.1 Å². The van der Waals surface area contributed by atoms with E-state index in [0.29, 0.717) is 24.5 Å². The van der Waals surface area contributed by atoms with Crippen LogP contribution < -0.4 is 10.1 Å². The molecule has 32 heavy (non-hydrogen) atoms. The van der Waals surface area contributed by atoms with Crippen LogP contribution in [0.15, 0.2) is 84.9 Å². The third-order valence-electron chi connectivity index (χ3n) is 4.85. The lowest BCUT2D eigenvalue weighted by Gasteiger charge is -2.12. The molecule has 1 N–H and O–H groups in total. The van der Waals surface area contributed by atoms with Crippen molar-refractivity contribution in [2.75, 3.05) is 13.7 Å². The fourth-order valence-electron chi connectivity index (χ4n) is 3.17. The Morgan fingerprint density at radius 1 is 0.875 bits per heavy atom. The second kappa shape index (κ2) is 12.1. The molecule has 3 rings (SSSR count). The molecule has 0 aromatic heterocycles. The first-order valence-electron chi connectivity index (χ1n) is 10.5. The van der Waals surface area contributed by atoms with Crippen molar-refractivity contribution in [2.45, 2.75) is 19.4 Å². The lowest BCUT2D eigenvalue weighted by atomic mass is 10.1. The van der Waals surface area contributed by atoms with Crippen LogP contribution in [0.2, 0.25) is 0 Å². The molecule has 0 aliphatic heterocycles. The number of amides is 1. The van der Waals surface area contributed by atoms with E-state index in [1.54, 1.807) is 6.08 Å². The summed E-state index contributed by atoms with van der Waals surface area (Å²) in [6, 6.07) is 25.4. The smallest absolute Gasteiger partial charge is 0.330 e. The van der Waals surface area contributed by atoms with Gasteiger partial charge in [-0.05, 0) is 41.3 Å². The van der Waals surface area contributed by atoms with Gasteiger partial charge in [0.15, 0.2) is 0 Å². The molecule has 0 atom stereocenters. The Bertz CT molecular complexity index is 1050. The zero-order chi connectivity index (χ0) is 22.6. The number of esters is 1. The molecule has 0 unspecified atom stereocenters. The summed E-state index contributed by atoms with van der Waals surface area (Å²) in [5.41, 5.74) is 3.76. The number of carbonyl (C=O) groups is 2. The van der Waals surface area contributed by atoms with Crippen LogP contribution in [0.4, 0.5) is 0 Å². The zero-order valence-corrected chi connectivity index (χ0v) is 18.1. The third-order valence-corrected chi connectivity index (χ3v) is 4.85. The molecule has 3 aromatic carbocycles. The molecular weight excluding hydrogens is 402 g/mol. The van der Waals surface area contributed by atoms with Crippen molar-refractivity contribution >= 4 is 18.0 Å². The zero-order valence-electron chi connectivity index (χ0n) is 18.1. The van der Waals surface area contributed by atoms with Gasteiger partial charge in [0.25, 0.3) is 0 Å². The van der Waals surface area contributed by atoms with Crippen LogP contribution in [-0.4, -0.2) is 25.5 Å². The Hall–Kier alpha value is -3.86. The fourth-order valence-corrected chi connectivity index (χ4v) is 3.17. The Morgan fingerprint density at radius 3 is 2.25 bits per heavy atom. The Balaban J connectivity index is 1.64. The van der Waals surface area contributed by atoms with Crippen molar-refractivity contribution in [1.29, 1.82) is 0 Å². The lowest BCUT2D eigenvalue weighted by Crippen LogP contribution is -2.27. The first-order valence-corrected chi connectivity index (χ1v) is 10.5. The van der Waals surface area contributed by atoms with Crippen molar-refractivity contribution in [3.63, 3.8) is 0 Å². The van der Waals surface area contributed by atoms with Gasteiger partial charge in [-0.15, -0.1) is 0 Å². The predicted octanol–water partition coefficient (Wildman–Crippen LogP) is 4.35. The van der Waals surface area contributed by atoms with Crippen LogP contribution >= 0.6 is 0 Å². The number of benzene rings is 3. The highest BCUT2D eigenvalue weighted by Gasteiger charge is 2.08. The second-order valence-corrected chi connectivity index (χ2v) is 7.27. The molecule has 0 heterocycles. The van der Waals surface area contributed by atoms with E-state index in [0.717, 1.165) is 17.5 Å². The van der Waals surface area contributed by atoms with Crippen molar-refractivity contribution in [2.24, 2.45) is 0 Å². The second-order valence-electron chi connectivity index (χ2n) is 7.27. The SMILES string of the molecule is COC(=O)C=Cc1cc(CC(=O)NCCc2ccccc2)ccc1OCc1ccccc1. The summed E-state index contributed by atoms with van der Waals surface area (Å²) in [5.74, 6) is 0.118. The number of hydrogen-bond acceptors (Lipinski definition) is 4. The van der Waals surface area contributed by atoms with Gasteiger partial charge in [0.2, 0.25) is 5.91 Å². The van der Waals surface area contributed by atoms with Crippen LogP contribution in [0.3, 0.4) is 0 Å². The Kier molecular flexibility index (Phi) is 8.63. The minimum Gasteiger partial charge on any atom is -0.488 e. The minimum absolute atomic E-state index is 0.0539. The summed E-state index contributed by atoms with van der Waals surface area (Å²) in [6.07, 6.45) is 4.01. The normalized spacial score (nSPS) is 10.7. The van der Waals surface area contributed by atoms with E-state index < -0.39 is 5.97 Å². The number of carbonyl (C=O) groups excluding carboxylic acids is 2. The number of nitrogens with one attached hydrogen (secondary N) is 1. The van der Waals surface area contributed by atoms with E-state index in [1.165, 1.54) is 18.7 Å². The Morgan fingerprint density at radius 2 is 1.56 bits per heavy atom. The van der Waals surface area contributed by atoms with Crippen LogP contribution in [0, 0.1) is 0 Å². The van der Waals surface area contributed by atoms with E-state index in [1.807, 2.05) is 78.9 Å². The minimum atomic E-state index is -0.455. The molecule has 0 fully saturated rings. The largest absolute Gasteiger partial charge is 0.488 e. The van der Waals surface area contributed by atoms with Gasteiger partial charge in [-0.25, -0.2) is 4.79 Å². The van der Waals surface area contributed by atoms with E-state index in [9.17, 15) is 9.59 Å². The summed E-state index contributed by atoms with van der Waals surface area (Å²) in [5, 5.41) is 2.96. The molecule has 3 aromatic rings. The van der Waals surface area contributed by atoms with Crippen LogP contribution in [0.25, 0.3) is 6.08 Å². The third kappa shape index (κ3) is 7.43. The van der Waals surface area contributed by atoms with Gasteiger partial charge in [-0.1, -0.05) is 66.7 Å². The number of ether oxygens (including phenoxy) is 2. The lowest BCUT2D eigenvalue weighted by molar-refractivity contribution is -0.134. The van der Waals surface area contributed by atoms with Crippen molar-refractivity contribution in [1.82, 2.24) is 5.32 Å². The van der Waals surface area contributed by atoms with Crippen LogP contribution in [-0.2, 0) is 33.8 Å². The molecule has 164 valence electrons. The van der Waals surface area contributed by atoms with Gasteiger partial charge in [-0.2, -0.15) is 0 Å². The molecule has 0 radical (unpaired) electrons. The monoisotopic (exact) mass is 429 g/mol. The van der Waals surface area contributed by atoms with Crippen LogP contribution in [0.5, 0.6) is 5.75 Å². The maximum atomic E-state index is 12.4. The molecule has 0 aliphatic carbocycles. The standard InChI is InChI=1S/C27H27NO4/c1-31-27(30)15-13-24-18-23(12-14-25(24)32-20-22-10-6-3-7-11-22)19-26(29)28-17-16-21-8-4-2-5-9-21/h2-15,18H,16-17,19-20H2,1H3,(H,28,29). The molecule has 5 nitrogen and oxygen atoms in total. The van der Waals surface area contributed by atoms with Gasteiger partial charge in [0.1, 0.15) is 12.4 Å². The van der Waals surface area contributed by atoms with E-state index in [2.05, 4.69) is 10.1 Å². The average Bonchev–Trinajstić information content (AvgIpc) is 2.83. The number of rotatable bonds is 10. The Labute approximate surface area is 188 Å². The van der Waals surface area contributed by atoms with Gasteiger partial charge >= 0.3 is 5.97 Å². The van der Waals surface area contributed by atoms with Crippen molar-refractivity contribution in [3.05, 3.63) is 107 Å². The number of hydrogen-bond donors (Lipinski definition) is 1. The van der Waals surface area contributed by atoms with E-state index in [-0.39, 0.29) is 12.3 Å². The molecule has 0 saturated carbocycles. The van der Waals surface area contributed by atoms with E-state index in [4.69, 9.17) is 4.74 Å². The number of methoxy groups -OCH3 is 1. The quantitative estimate of drug-likeness (QED) is 0.384. The average molecular weight is 430 g/mol. The summed E-state index contributed by atoms with van der Waals surface area (Å²) < 4.78 is 10.6. The highest BCUT2D eigenvalue weighted by molar-refractivity contribution is 5.87. The molecule has 1 amide bonds. The van der Waals surface area contributed by atoms with Gasteiger partial charge in [-0.3, -0.25) is 4.79 Å². The maximum absolute atomic E-state index is 12.4. The summed E-state index contributed by atoms with van der Waals surface area (Å²) >= 11 is 0. The first-order chi connectivity index (χ1) is 15.6. The predicted molar refractivity (Wildman–Crippen MR) is 125 cm³/mol. The topological polar surface area (TPSA) is 64.6 Å². The molecule has 0 saturated heterocycles. The molecule has 0 spiro atoms. The molecule has 5 heteroatoms. The molecular formula is C27H27NO4. The highest BCUT2D eigenvalue weighted by atomic mass is 16.5.